The average molecular weight is 374 g/mol. The Bertz CT molecular complexity index is 72.9. The molecule has 1 heterocycles. The standard InChI is InChI=1S/C8H19N4.3CH3.3ClH.Ti/c1-2-10-5-6-12-8-7-11-4-3-9-1;;;;;;;/h9-11H,1-8H2;3*1H3;3*1H;/q4*-1;;;;+4. The van der Waals surface area contributed by atoms with Gasteiger partial charge in [0.15, 0.2) is 0 Å². The monoisotopic (exact) mass is 372 g/mol. The van der Waals surface area contributed by atoms with Crippen molar-refractivity contribution in [3.8, 4) is 0 Å². The molecule has 0 aromatic heterocycles. The largest absolute Gasteiger partial charge is 4.00 e. The van der Waals surface area contributed by atoms with Gasteiger partial charge in [-0.3, -0.25) is 0 Å². The summed E-state index contributed by atoms with van der Waals surface area (Å²) in [5.74, 6) is 0. The summed E-state index contributed by atoms with van der Waals surface area (Å²) in [5.41, 5.74) is 0. The molecule has 0 spiro atoms. The first-order valence-corrected chi connectivity index (χ1v) is 4.75. The van der Waals surface area contributed by atoms with Crippen molar-refractivity contribution >= 4 is 37.2 Å². The van der Waals surface area contributed by atoms with Crippen LogP contribution in [0, 0.1) is 22.3 Å². The second-order valence-corrected chi connectivity index (χ2v) is 2.92. The van der Waals surface area contributed by atoms with Crippen LogP contribution < -0.4 is 16.0 Å². The van der Waals surface area contributed by atoms with E-state index in [1.54, 1.807) is 0 Å². The maximum atomic E-state index is 4.36. The predicted molar refractivity (Wildman–Crippen MR) is 92.7 cm³/mol. The van der Waals surface area contributed by atoms with Crippen molar-refractivity contribution in [1.29, 1.82) is 0 Å². The smallest absolute Gasteiger partial charge is 0.660 e. The summed E-state index contributed by atoms with van der Waals surface area (Å²) in [6.45, 7) is 8.14. The van der Waals surface area contributed by atoms with Gasteiger partial charge >= 0.3 is 21.7 Å². The zero-order valence-corrected chi connectivity index (χ0v) is 16.3. The molecular weight excluding hydrogens is 342 g/mol. The summed E-state index contributed by atoms with van der Waals surface area (Å²) in [6, 6.07) is 0. The zero-order chi connectivity index (χ0) is 8.49. The maximum Gasteiger partial charge on any atom is 4.00 e. The molecule has 1 aliphatic rings. The van der Waals surface area contributed by atoms with E-state index < -0.39 is 0 Å². The van der Waals surface area contributed by atoms with Gasteiger partial charge in [0, 0.05) is 26.2 Å². The maximum absolute atomic E-state index is 4.36. The number of rotatable bonds is 0. The molecule has 0 atom stereocenters. The fourth-order valence-electron chi connectivity index (χ4n) is 1.16. The van der Waals surface area contributed by atoms with Crippen LogP contribution in [0.3, 0.4) is 0 Å². The Morgan fingerprint density at radius 1 is 0.526 bits per heavy atom. The minimum absolute atomic E-state index is 0. The third-order valence-corrected chi connectivity index (χ3v) is 1.85. The molecule has 1 saturated heterocycles. The Balaban J connectivity index is -0.0000000411. The van der Waals surface area contributed by atoms with Crippen molar-refractivity contribution in [2.24, 2.45) is 0 Å². The second-order valence-electron chi connectivity index (χ2n) is 2.92. The van der Waals surface area contributed by atoms with Gasteiger partial charge in [0.05, 0.1) is 0 Å². The van der Waals surface area contributed by atoms with E-state index in [9.17, 15) is 0 Å². The third kappa shape index (κ3) is 32.7. The fourth-order valence-corrected chi connectivity index (χ4v) is 1.16. The van der Waals surface area contributed by atoms with Gasteiger partial charge in [-0.15, -0.1) is 50.3 Å². The molecule has 1 fully saturated rings. The first-order valence-electron chi connectivity index (χ1n) is 4.75. The van der Waals surface area contributed by atoms with E-state index in [-0.39, 0.29) is 81.2 Å². The summed E-state index contributed by atoms with van der Waals surface area (Å²) < 4.78 is 0. The molecule has 1 aliphatic heterocycles. The number of hydrogen-bond acceptors (Lipinski definition) is 3. The van der Waals surface area contributed by atoms with Gasteiger partial charge < -0.3 is 43.5 Å². The van der Waals surface area contributed by atoms with E-state index in [1.165, 1.54) is 0 Å². The van der Waals surface area contributed by atoms with Crippen molar-refractivity contribution < 1.29 is 21.7 Å². The molecule has 0 unspecified atom stereocenters. The number of hydrogen-bond donors (Lipinski definition) is 3. The molecule has 0 aromatic rings. The molecule has 0 saturated carbocycles. The van der Waals surface area contributed by atoms with Gasteiger partial charge in [0.1, 0.15) is 0 Å². The van der Waals surface area contributed by atoms with E-state index in [1.807, 2.05) is 0 Å². The summed E-state index contributed by atoms with van der Waals surface area (Å²) in [4.78, 5) is 0. The molecule has 0 amide bonds. The molecule has 1 rings (SSSR count). The topological polar surface area (TPSA) is 50.2 Å². The molecule has 0 bridgehead atoms. The number of nitrogens with zero attached hydrogens (tertiary/aromatic N) is 1. The summed E-state index contributed by atoms with van der Waals surface area (Å²) in [6.07, 6.45) is 0. The molecule has 3 N–H and O–H groups in total. The summed E-state index contributed by atoms with van der Waals surface area (Å²) in [7, 11) is 0. The van der Waals surface area contributed by atoms with Gasteiger partial charge in [0.25, 0.3) is 0 Å². The van der Waals surface area contributed by atoms with Gasteiger partial charge in [-0.2, -0.15) is 0 Å². The van der Waals surface area contributed by atoms with Crippen molar-refractivity contribution in [2.75, 3.05) is 52.4 Å². The van der Waals surface area contributed by atoms with E-state index in [2.05, 4.69) is 21.3 Å². The van der Waals surface area contributed by atoms with E-state index >= 15 is 0 Å². The molecule has 4 nitrogen and oxygen atoms in total. The Morgan fingerprint density at radius 3 is 1.11 bits per heavy atom. The van der Waals surface area contributed by atoms with Crippen LogP contribution in [-0.4, -0.2) is 52.4 Å². The van der Waals surface area contributed by atoms with Gasteiger partial charge in [0.2, 0.25) is 0 Å². The van der Waals surface area contributed by atoms with Crippen molar-refractivity contribution in [1.82, 2.24) is 16.0 Å². The van der Waals surface area contributed by atoms with Crippen molar-refractivity contribution in [3.63, 3.8) is 0 Å². The van der Waals surface area contributed by atoms with E-state index in [0.29, 0.717) is 0 Å². The van der Waals surface area contributed by atoms with Gasteiger partial charge in [-0.05, 0) is 13.1 Å². The van der Waals surface area contributed by atoms with Crippen LogP contribution in [0.25, 0.3) is 5.32 Å². The Morgan fingerprint density at radius 2 is 0.789 bits per heavy atom. The molecule has 0 aliphatic carbocycles. The average Bonchev–Trinajstić information content (AvgIpc) is 2.05. The van der Waals surface area contributed by atoms with Crippen LogP contribution in [0.2, 0.25) is 0 Å². The van der Waals surface area contributed by atoms with Gasteiger partial charge in [-0.25, -0.2) is 0 Å². The van der Waals surface area contributed by atoms with Crippen LogP contribution in [0.5, 0.6) is 0 Å². The van der Waals surface area contributed by atoms with E-state index in [4.69, 9.17) is 0 Å². The zero-order valence-electron chi connectivity index (χ0n) is 12.3. The van der Waals surface area contributed by atoms with E-state index in [0.717, 1.165) is 52.4 Å². The predicted octanol–water partition coefficient (Wildman–Crippen LogP) is 1.76. The Hall–Kier alpha value is 1.42. The van der Waals surface area contributed by atoms with Gasteiger partial charge in [-0.1, -0.05) is 0 Å². The summed E-state index contributed by atoms with van der Waals surface area (Å²) >= 11 is 0. The molecule has 0 radical (unpaired) electrons. The Kier molecular flexibility index (Phi) is 82.3. The summed E-state index contributed by atoms with van der Waals surface area (Å²) in [5, 5.41) is 14.4. The first-order chi connectivity index (χ1) is 6.00. The molecule has 0 aromatic carbocycles. The minimum Gasteiger partial charge on any atom is -0.660 e. The van der Waals surface area contributed by atoms with Crippen molar-refractivity contribution in [3.05, 3.63) is 27.6 Å². The molecule has 120 valence electrons. The van der Waals surface area contributed by atoms with Crippen LogP contribution in [0.15, 0.2) is 0 Å². The van der Waals surface area contributed by atoms with Crippen molar-refractivity contribution in [2.45, 2.75) is 0 Å². The quantitative estimate of drug-likeness (QED) is 0.448. The fraction of sp³-hybridized carbons (Fsp3) is 0.727. The Labute approximate surface area is 154 Å². The SMILES string of the molecule is C1CNCCNCCNCC[N-]1.Cl.Cl.Cl.[CH3-].[CH3-].[CH3-].[Ti+4]. The van der Waals surface area contributed by atoms with Crippen LogP contribution in [0.4, 0.5) is 0 Å². The minimum atomic E-state index is 0. The second kappa shape index (κ2) is 36.6. The number of nitrogens with one attached hydrogen (secondary N) is 3. The molecular formula is C11H31Cl3N4Ti. The van der Waals surface area contributed by atoms with Crippen LogP contribution in [-0.2, 0) is 21.7 Å². The third-order valence-electron chi connectivity index (χ3n) is 1.85. The normalized spacial score (nSPS) is 15.2. The van der Waals surface area contributed by atoms with Crippen LogP contribution in [0.1, 0.15) is 0 Å². The van der Waals surface area contributed by atoms with Crippen LogP contribution >= 0.6 is 37.2 Å². The first kappa shape index (κ1) is 42.8. The number of halogens is 3. The molecule has 8 heteroatoms. The molecule has 19 heavy (non-hydrogen) atoms.